The number of aliphatic hydroxyl groups is 1. The molecule has 1 amide bonds. The third-order valence-electron chi connectivity index (χ3n) is 2.02. The van der Waals surface area contributed by atoms with Crippen LogP contribution < -0.4 is 0 Å². The van der Waals surface area contributed by atoms with Gasteiger partial charge in [0.25, 0.3) is 0 Å². The molecule has 0 radical (unpaired) electrons. The molecule has 0 bridgehead atoms. The van der Waals surface area contributed by atoms with Crippen molar-refractivity contribution in [3.63, 3.8) is 0 Å². The molecular formula is C11H17NO5. The number of amides is 1. The average molecular weight is 243 g/mol. The van der Waals surface area contributed by atoms with Gasteiger partial charge in [-0.2, -0.15) is 0 Å². The van der Waals surface area contributed by atoms with E-state index < -0.39 is 23.8 Å². The highest BCUT2D eigenvalue weighted by atomic mass is 16.6. The Balaban J connectivity index is 2.81. The van der Waals surface area contributed by atoms with Gasteiger partial charge in [0.15, 0.2) is 0 Å². The number of methoxy groups -OCH3 is 1. The van der Waals surface area contributed by atoms with Gasteiger partial charge in [-0.1, -0.05) is 0 Å². The van der Waals surface area contributed by atoms with Crippen molar-refractivity contribution in [1.82, 2.24) is 4.90 Å². The Kier molecular flexibility index (Phi) is 3.77. The smallest absolute Gasteiger partial charge is 0.415 e. The molecule has 17 heavy (non-hydrogen) atoms. The number of carbonyl (C=O) groups excluding carboxylic acids is 2. The summed E-state index contributed by atoms with van der Waals surface area (Å²) >= 11 is 0. The van der Waals surface area contributed by atoms with Crippen LogP contribution in [0.3, 0.4) is 0 Å². The van der Waals surface area contributed by atoms with Gasteiger partial charge < -0.3 is 14.6 Å². The van der Waals surface area contributed by atoms with E-state index in [9.17, 15) is 14.7 Å². The summed E-state index contributed by atoms with van der Waals surface area (Å²) in [6.07, 6.45) is -0.280. The van der Waals surface area contributed by atoms with Crippen molar-refractivity contribution in [3.8, 4) is 0 Å². The second-order valence-corrected chi connectivity index (χ2v) is 4.70. The first-order valence-corrected chi connectivity index (χ1v) is 5.23. The lowest BCUT2D eigenvalue weighted by atomic mass is 10.2. The quantitative estimate of drug-likeness (QED) is 0.684. The zero-order chi connectivity index (χ0) is 13.2. The summed E-state index contributed by atoms with van der Waals surface area (Å²) < 4.78 is 9.65. The lowest BCUT2D eigenvalue weighted by Gasteiger charge is -2.25. The number of rotatable bonds is 1. The summed E-state index contributed by atoms with van der Waals surface area (Å²) in [5, 5.41) is 9.43. The fourth-order valence-electron chi connectivity index (χ4n) is 1.38. The van der Waals surface area contributed by atoms with E-state index in [1.54, 1.807) is 20.8 Å². The molecule has 0 fully saturated rings. The van der Waals surface area contributed by atoms with Crippen molar-refractivity contribution < 1.29 is 24.2 Å². The molecule has 1 N–H and O–H groups in total. The predicted molar refractivity (Wildman–Crippen MR) is 59.0 cm³/mol. The molecule has 6 nitrogen and oxygen atoms in total. The van der Waals surface area contributed by atoms with E-state index in [1.807, 2.05) is 0 Å². The largest absolute Gasteiger partial charge is 0.464 e. The van der Waals surface area contributed by atoms with Crippen LogP contribution in [-0.4, -0.2) is 47.4 Å². The standard InChI is InChI=1S/C11H17NO5/c1-11(2,3)17-10(15)12-6-7(13)5-8(12)9(14)16-4/h5,7,13H,6H2,1-4H3/t7-/m1/s1. The van der Waals surface area contributed by atoms with Crippen LogP contribution in [0, 0.1) is 0 Å². The molecule has 1 aliphatic rings. The van der Waals surface area contributed by atoms with Crippen LogP contribution in [0.2, 0.25) is 0 Å². The number of esters is 1. The molecule has 0 saturated heterocycles. The van der Waals surface area contributed by atoms with Gasteiger partial charge in [0.1, 0.15) is 11.3 Å². The molecule has 0 aromatic carbocycles. The Labute approximate surface area is 99.8 Å². The molecule has 0 unspecified atom stereocenters. The normalized spacial score (nSPS) is 19.9. The Hall–Kier alpha value is -1.56. The van der Waals surface area contributed by atoms with E-state index >= 15 is 0 Å². The van der Waals surface area contributed by atoms with Crippen LogP contribution >= 0.6 is 0 Å². The lowest BCUT2D eigenvalue weighted by molar-refractivity contribution is -0.137. The Morgan fingerprint density at radius 2 is 2.06 bits per heavy atom. The van der Waals surface area contributed by atoms with E-state index in [0.29, 0.717) is 0 Å². The zero-order valence-corrected chi connectivity index (χ0v) is 10.4. The van der Waals surface area contributed by atoms with E-state index in [4.69, 9.17) is 4.74 Å². The van der Waals surface area contributed by atoms with Gasteiger partial charge in [-0.3, -0.25) is 4.90 Å². The Bertz CT molecular complexity index is 355. The number of β-amino-alcohol motifs (C(OH)–C–C–N with tert-alkyl or cyclic N) is 1. The zero-order valence-electron chi connectivity index (χ0n) is 10.4. The van der Waals surface area contributed by atoms with Crippen molar-refractivity contribution in [2.75, 3.05) is 13.7 Å². The van der Waals surface area contributed by atoms with Crippen LogP contribution in [-0.2, 0) is 14.3 Å². The third kappa shape index (κ3) is 3.45. The van der Waals surface area contributed by atoms with Gasteiger partial charge in [-0.15, -0.1) is 0 Å². The van der Waals surface area contributed by atoms with Crippen molar-refractivity contribution in [2.24, 2.45) is 0 Å². The van der Waals surface area contributed by atoms with E-state index in [2.05, 4.69) is 4.74 Å². The van der Waals surface area contributed by atoms with E-state index in [1.165, 1.54) is 13.2 Å². The van der Waals surface area contributed by atoms with E-state index in [0.717, 1.165) is 4.90 Å². The maximum Gasteiger partial charge on any atom is 0.415 e. The molecule has 1 aliphatic heterocycles. The van der Waals surface area contributed by atoms with Gasteiger partial charge in [-0.25, -0.2) is 9.59 Å². The highest BCUT2D eigenvalue weighted by molar-refractivity contribution is 5.93. The molecular weight excluding hydrogens is 226 g/mol. The maximum atomic E-state index is 11.8. The molecule has 96 valence electrons. The molecule has 6 heteroatoms. The second-order valence-electron chi connectivity index (χ2n) is 4.70. The minimum absolute atomic E-state index is 0.000648. The minimum Gasteiger partial charge on any atom is -0.464 e. The molecule has 1 atom stereocenters. The summed E-state index contributed by atoms with van der Waals surface area (Å²) in [6.45, 7) is 5.16. The predicted octanol–water partition coefficient (Wildman–Crippen LogP) is 0.655. The molecule has 1 heterocycles. The van der Waals surface area contributed by atoms with E-state index in [-0.39, 0.29) is 12.2 Å². The Morgan fingerprint density at radius 3 is 2.53 bits per heavy atom. The first-order valence-electron chi connectivity index (χ1n) is 5.23. The molecule has 0 spiro atoms. The molecule has 0 saturated carbocycles. The number of ether oxygens (including phenoxy) is 2. The van der Waals surface area contributed by atoms with Crippen molar-refractivity contribution in [1.29, 1.82) is 0 Å². The van der Waals surface area contributed by atoms with Crippen LogP contribution in [0.25, 0.3) is 0 Å². The minimum atomic E-state index is -0.878. The molecule has 0 aromatic heterocycles. The first-order chi connectivity index (χ1) is 7.74. The van der Waals surface area contributed by atoms with Crippen LogP contribution in [0.15, 0.2) is 11.8 Å². The van der Waals surface area contributed by atoms with Crippen molar-refractivity contribution in [2.45, 2.75) is 32.5 Å². The van der Waals surface area contributed by atoms with Gasteiger partial charge in [-0.05, 0) is 26.8 Å². The van der Waals surface area contributed by atoms with Crippen molar-refractivity contribution >= 4 is 12.1 Å². The highest BCUT2D eigenvalue weighted by Crippen LogP contribution is 2.20. The fraction of sp³-hybridized carbons (Fsp3) is 0.636. The summed E-state index contributed by atoms with van der Waals surface area (Å²) in [5.41, 5.74) is -0.652. The monoisotopic (exact) mass is 243 g/mol. The van der Waals surface area contributed by atoms with Gasteiger partial charge >= 0.3 is 12.1 Å². The lowest BCUT2D eigenvalue weighted by Crippen LogP contribution is -2.38. The maximum absolute atomic E-state index is 11.8. The number of aliphatic hydroxyl groups excluding tert-OH is 1. The Morgan fingerprint density at radius 1 is 1.47 bits per heavy atom. The summed E-state index contributed by atoms with van der Waals surface area (Å²) in [5.74, 6) is -0.674. The number of nitrogens with zero attached hydrogens (tertiary/aromatic N) is 1. The average Bonchev–Trinajstić information content (AvgIpc) is 2.56. The summed E-state index contributed by atoms with van der Waals surface area (Å²) in [7, 11) is 1.21. The van der Waals surface area contributed by atoms with Gasteiger partial charge in [0.05, 0.1) is 19.8 Å². The first kappa shape index (κ1) is 13.5. The molecule has 1 rings (SSSR count). The fourth-order valence-corrected chi connectivity index (χ4v) is 1.38. The SMILES string of the molecule is COC(=O)C1=C[C@@H](O)CN1C(=O)OC(C)(C)C. The van der Waals surface area contributed by atoms with Crippen molar-refractivity contribution in [3.05, 3.63) is 11.8 Å². The number of hydrogen-bond donors (Lipinski definition) is 1. The van der Waals surface area contributed by atoms with Crippen LogP contribution in [0.1, 0.15) is 20.8 Å². The number of carbonyl (C=O) groups is 2. The summed E-state index contributed by atoms with van der Waals surface area (Å²) in [4.78, 5) is 24.2. The summed E-state index contributed by atoms with van der Waals surface area (Å²) in [6, 6.07) is 0. The molecule has 0 aromatic rings. The van der Waals surface area contributed by atoms with Crippen LogP contribution in [0.4, 0.5) is 4.79 Å². The topological polar surface area (TPSA) is 76.1 Å². The second kappa shape index (κ2) is 4.75. The third-order valence-corrected chi connectivity index (χ3v) is 2.02. The van der Waals surface area contributed by atoms with Gasteiger partial charge in [0, 0.05) is 0 Å². The van der Waals surface area contributed by atoms with Gasteiger partial charge in [0.2, 0.25) is 0 Å². The number of hydrogen-bond acceptors (Lipinski definition) is 5. The molecule has 0 aliphatic carbocycles. The van der Waals surface area contributed by atoms with Crippen LogP contribution in [0.5, 0.6) is 0 Å². The highest BCUT2D eigenvalue weighted by Gasteiger charge is 2.34.